The molecular formula is C14H20O3. The Balaban J connectivity index is 2.30. The molecule has 1 heterocycles. The quantitative estimate of drug-likeness (QED) is 0.872. The topological polar surface area (TPSA) is 38.7 Å². The van der Waals surface area contributed by atoms with Gasteiger partial charge in [-0.05, 0) is 26.3 Å². The van der Waals surface area contributed by atoms with Gasteiger partial charge < -0.3 is 14.6 Å². The molecule has 1 aliphatic heterocycles. The van der Waals surface area contributed by atoms with Crippen LogP contribution in [0.2, 0.25) is 0 Å². The van der Waals surface area contributed by atoms with Gasteiger partial charge in [0.05, 0.1) is 18.8 Å². The first-order chi connectivity index (χ1) is 8.16. The van der Waals surface area contributed by atoms with Crippen molar-refractivity contribution in [3.63, 3.8) is 0 Å². The predicted molar refractivity (Wildman–Crippen MR) is 66.1 cm³/mol. The van der Waals surface area contributed by atoms with Crippen molar-refractivity contribution in [2.75, 3.05) is 19.8 Å². The van der Waals surface area contributed by atoms with E-state index in [1.807, 2.05) is 38.1 Å². The van der Waals surface area contributed by atoms with Gasteiger partial charge in [0.15, 0.2) is 0 Å². The first-order valence-electron chi connectivity index (χ1n) is 6.18. The monoisotopic (exact) mass is 236 g/mol. The Hall–Kier alpha value is -1.06. The van der Waals surface area contributed by atoms with E-state index in [9.17, 15) is 5.11 Å². The molecule has 3 nitrogen and oxygen atoms in total. The highest BCUT2D eigenvalue weighted by molar-refractivity contribution is 5.38. The molecule has 0 saturated carbocycles. The van der Waals surface area contributed by atoms with Crippen LogP contribution in [0.5, 0.6) is 5.75 Å². The minimum atomic E-state index is -0.887. The first-order valence-corrected chi connectivity index (χ1v) is 6.18. The number of aliphatic hydroxyl groups is 1. The van der Waals surface area contributed by atoms with Crippen LogP contribution in [0.15, 0.2) is 24.3 Å². The molecule has 94 valence electrons. The van der Waals surface area contributed by atoms with Crippen LogP contribution >= 0.6 is 0 Å². The van der Waals surface area contributed by atoms with Crippen LogP contribution in [-0.4, -0.2) is 24.9 Å². The van der Waals surface area contributed by atoms with E-state index >= 15 is 0 Å². The number of benzene rings is 1. The lowest BCUT2D eigenvalue weighted by molar-refractivity contribution is -0.0118. The number of para-hydroxylation sites is 1. The van der Waals surface area contributed by atoms with Gasteiger partial charge in [-0.3, -0.25) is 0 Å². The molecule has 0 aliphatic carbocycles. The molecule has 0 amide bonds. The molecule has 1 aliphatic rings. The molecule has 2 unspecified atom stereocenters. The average Bonchev–Trinajstić information content (AvgIpc) is 2.84. The van der Waals surface area contributed by atoms with Gasteiger partial charge in [0.1, 0.15) is 5.75 Å². The molecule has 1 fully saturated rings. The highest BCUT2D eigenvalue weighted by atomic mass is 16.5. The maximum absolute atomic E-state index is 10.7. The van der Waals surface area contributed by atoms with Gasteiger partial charge in [-0.2, -0.15) is 0 Å². The zero-order valence-electron chi connectivity index (χ0n) is 10.5. The van der Waals surface area contributed by atoms with Crippen molar-refractivity contribution in [2.45, 2.75) is 25.9 Å². The summed E-state index contributed by atoms with van der Waals surface area (Å²) in [6, 6.07) is 7.70. The summed E-state index contributed by atoms with van der Waals surface area (Å²) in [5.41, 5.74) is -0.0280. The molecule has 3 heteroatoms. The van der Waals surface area contributed by atoms with Crippen LogP contribution in [-0.2, 0) is 10.3 Å². The number of ether oxygens (including phenoxy) is 2. The normalized spacial score (nSPS) is 23.4. The lowest BCUT2D eigenvalue weighted by Crippen LogP contribution is -2.32. The van der Waals surface area contributed by atoms with E-state index in [0.717, 1.165) is 24.3 Å². The Labute approximate surface area is 102 Å². The van der Waals surface area contributed by atoms with Crippen LogP contribution in [0, 0.1) is 5.92 Å². The van der Waals surface area contributed by atoms with Gasteiger partial charge in [0, 0.05) is 18.1 Å². The summed E-state index contributed by atoms with van der Waals surface area (Å²) >= 11 is 0. The second kappa shape index (κ2) is 5.07. The van der Waals surface area contributed by atoms with Crippen molar-refractivity contribution < 1.29 is 14.6 Å². The van der Waals surface area contributed by atoms with Crippen molar-refractivity contribution in [1.29, 1.82) is 0 Å². The molecule has 0 bridgehead atoms. The smallest absolute Gasteiger partial charge is 0.125 e. The Morgan fingerprint density at radius 1 is 1.47 bits per heavy atom. The van der Waals surface area contributed by atoms with Gasteiger partial charge in [0.2, 0.25) is 0 Å². The van der Waals surface area contributed by atoms with Crippen molar-refractivity contribution in [2.24, 2.45) is 5.92 Å². The van der Waals surface area contributed by atoms with Gasteiger partial charge in [-0.25, -0.2) is 0 Å². The number of hydrogen-bond donors (Lipinski definition) is 1. The summed E-state index contributed by atoms with van der Waals surface area (Å²) in [4.78, 5) is 0. The molecule has 2 atom stereocenters. The Bertz CT molecular complexity index is 367. The Kier molecular flexibility index (Phi) is 3.69. The van der Waals surface area contributed by atoms with E-state index in [0.29, 0.717) is 13.2 Å². The summed E-state index contributed by atoms with van der Waals surface area (Å²) in [5, 5.41) is 10.7. The molecule has 1 aromatic rings. The third kappa shape index (κ3) is 2.45. The minimum Gasteiger partial charge on any atom is -0.493 e. The third-order valence-corrected chi connectivity index (χ3v) is 3.46. The highest BCUT2D eigenvalue weighted by Crippen LogP contribution is 2.39. The van der Waals surface area contributed by atoms with Gasteiger partial charge >= 0.3 is 0 Å². The van der Waals surface area contributed by atoms with Gasteiger partial charge in [-0.15, -0.1) is 0 Å². The molecular weight excluding hydrogens is 216 g/mol. The second-order valence-corrected chi connectivity index (χ2v) is 4.64. The lowest BCUT2D eigenvalue weighted by atomic mass is 9.82. The Morgan fingerprint density at radius 2 is 2.24 bits per heavy atom. The molecule has 2 rings (SSSR count). The fourth-order valence-electron chi connectivity index (χ4n) is 2.36. The highest BCUT2D eigenvalue weighted by Gasteiger charge is 2.38. The molecule has 0 radical (unpaired) electrons. The molecule has 1 aromatic carbocycles. The maximum Gasteiger partial charge on any atom is 0.125 e. The molecule has 1 saturated heterocycles. The Morgan fingerprint density at radius 3 is 2.88 bits per heavy atom. The van der Waals surface area contributed by atoms with Crippen molar-refractivity contribution in [1.82, 2.24) is 0 Å². The van der Waals surface area contributed by atoms with Crippen LogP contribution < -0.4 is 4.74 Å². The van der Waals surface area contributed by atoms with E-state index in [2.05, 4.69) is 0 Å². The van der Waals surface area contributed by atoms with E-state index in [1.54, 1.807) is 0 Å². The van der Waals surface area contributed by atoms with E-state index < -0.39 is 5.60 Å². The summed E-state index contributed by atoms with van der Waals surface area (Å²) in [5.74, 6) is 0.913. The largest absolute Gasteiger partial charge is 0.493 e. The standard InChI is InChI=1S/C14H20O3/c1-3-17-13-7-5-4-6-12(13)14(2,15)11-8-9-16-10-11/h4-7,11,15H,3,8-10H2,1-2H3. The predicted octanol–water partition coefficient (Wildman–Crippen LogP) is 2.33. The van der Waals surface area contributed by atoms with E-state index in [4.69, 9.17) is 9.47 Å². The summed E-state index contributed by atoms with van der Waals surface area (Å²) in [6.45, 7) is 5.76. The number of hydrogen-bond acceptors (Lipinski definition) is 3. The fraction of sp³-hybridized carbons (Fsp3) is 0.571. The van der Waals surface area contributed by atoms with Crippen molar-refractivity contribution in [3.05, 3.63) is 29.8 Å². The average molecular weight is 236 g/mol. The van der Waals surface area contributed by atoms with Gasteiger partial charge in [-0.1, -0.05) is 18.2 Å². The maximum atomic E-state index is 10.7. The summed E-state index contributed by atoms with van der Waals surface area (Å²) < 4.78 is 10.9. The van der Waals surface area contributed by atoms with Crippen LogP contribution in [0.25, 0.3) is 0 Å². The zero-order valence-corrected chi connectivity index (χ0v) is 10.5. The fourth-order valence-corrected chi connectivity index (χ4v) is 2.36. The zero-order chi connectivity index (χ0) is 12.3. The molecule has 0 spiro atoms. The second-order valence-electron chi connectivity index (χ2n) is 4.64. The van der Waals surface area contributed by atoms with Crippen LogP contribution in [0.1, 0.15) is 25.8 Å². The lowest BCUT2D eigenvalue weighted by Gasteiger charge is -2.31. The molecule has 1 N–H and O–H groups in total. The number of rotatable bonds is 4. The van der Waals surface area contributed by atoms with Crippen molar-refractivity contribution >= 4 is 0 Å². The molecule has 17 heavy (non-hydrogen) atoms. The summed E-state index contributed by atoms with van der Waals surface area (Å²) in [6.07, 6.45) is 0.896. The van der Waals surface area contributed by atoms with Gasteiger partial charge in [0.25, 0.3) is 0 Å². The first kappa shape index (κ1) is 12.4. The van der Waals surface area contributed by atoms with E-state index in [1.165, 1.54) is 0 Å². The third-order valence-electron chi connectivity index (χ3n) is 3.46. The van der Waals surface area contributed by atoms with Crippen molar-refractivity contribution in [3.8, 4) is 5.75 Å². The SMILES string of the molecule is CCOc1ccccc1C(C)(O)C1CCOC1. The minimum absolute atomic E-state index is 0.143. The van der Waals surface area contributed by atoms with Crippen LogP contribution in [0.3, 0.4) is 0 Å². The molecule has 0 aromatic heterocycles. The van der Waals surface area contributed by atoms with E-state index in [-0.39, 0.29) is 5.92 Å². The summed E-state index contributed by atoms with van der Waals surface area (Å²) in [7, 11) is 0. The van der Waals surface area contributed by atoms with Crippen LogP contribution in [0.4, 0.5) is 0 Å².